The highest BCUT2D eigenvalue weighted by molar-refractivity contribution is 5.81. The highest BCUT2D eigenvalue weighted by atomic mass is 16.5. The summed E-state index contributed by atoms with van der Waals surface area (Å²) in [7, 11) is 0. The molecule has 3 saturated heterocycles. The summed E-state index contributed by atoms with van der Waals surface area (Å²) in [6.07, 6.45) is 10.0. The Balaban J connectivity index is 1.22. The van der Waals surface area contributed by atoms with E-state index >= 15 is 0 Å². The molecule has 1 saturated carbocycles. The molecule has 0 radical (unpaired) electrons. The lowest BCUT2D eigenvalue weighted by Crippen LogP contribution is -2.66. The van der Waals surface area contributed by atoms with Crippen LogP contribution in [0.3, 0.4) is 0 Å². The van der Waals surface area contributed by atoms with Crippen LogP contribution in [0.5, 0.6) is 0 Å². The fraction of sp³-hybridized carbons (Fsp3) is 0.963. The van der Waals surface area contributed by atoms with E-state index in [4.69, 9.17) is 4.74 Å². The number of carbonyl (C=O) groups excluding carboxylic acids is 1. The van der Waals surface area contributed by atoms with Gasteiger partial charge in [0, 0.05) is 24.7 Å². The van der Waals surface area contributed by atoms with Gasteiger partial charge in [-0.1, -0.05) is 20.8 Å². The molecule has 0 bridgehead atoms. The van der Waals surface area contributed by atoms with Gasteiger partial charge in [0.05, 0.1) is 6.10 Å². The van der Waals surface area contributed by atoms with Crippen molar-refractivity contribution in [3.05, 3.63) is 0 Å². The summed E-state index contributed by atoms with van der Waals surface area (Å²) >= 11 is 0. The Hall–Kier alpha value is -0.770. The van der Waals surface area contributed by atoms with Crippen molar-refractivity contribution in [3.63, 3.8) is 0 Å². The van der Waals surface area contributed by atoms with Crippen molar-refractivity contribution in [1.29, 1.82) is 0 Å². The molecule has 1 aliphatic carbocycles. The maximum Gasteiger partial charge on any atom is 0.249 e. The summed E-state index contributed by atoms with van der Waals surface area (Å²) in [6.45, 7) is 13.2. The molecule has 3 aliphatic heterocycles. The Morgan fingerprint density at radius 1 is 1.09 bits per heavy atom. The first-order chi connectivity index (χ1) is 17.1. The summed E-state index contributed by atoms with van der Waals surface area (Å²) in [5.74, 6) is 1.44. The Kier molecular flexibility index (Phi) is 10.7. The molecule has 3 heterocycles. The van der Waals surface area contributed by atoms with Crippen molar-refractivity contribution in [1.82, 2.24) is 31.5 Å². The second-order valence-corrected chi connectivity index (χ2v) is 11.5. The van der Waals surface area contributed by atoms with Gasteiger partial charge in [0.15, 0.2) is 0 Å². The predicted molar refractivity (Wildman–Crippen MR) is 141 cm³/mol. The second kappa shape index (κ2) is 13.7. The van der Waals surface area contributed by atoms with Gasteiger partial charge in [-0.25, -0.2) is 0 Å². The van der Waals surface area contributed by atoms with Crippen molar-refractivity contribution in [2.75, 3.05) is 39.3 Å². The molecule has 4 aliphatic rings. The molecule has 0 spiro atoms. The lowest BCUT2D eigenvalue weighted by Gasteiger charge is -2.42. The molecule has 0 aromatic heterocycles. The first-order valence-corrected chi connectivity index (χ1v) is 14.7. The number of hydrogen-bond acceptors (Lipinski definition) is 7. The van der Waals surface area contributed by atoms with E-state index in [1.165, 1.54) is 25.8 Å². The summed E-state index contributed by atoms with van der Waals surface area (Å²) in [6, 6.07) is 1.20. The fourth-order valence-electron chi connectivity index (χ4n) is 6.65. The van der Waals surface area contributed by atoms with Gasteiger partial charge in [0.1, 0.15) is 12.4 Å². The topological polar surface area (TPSA) is 89.7 Å². The van der Waals surface area contributed by atoms with E-state index in [0.29, 0.717) is 18.0 Å². The predicted octanol–water partition coefficient (Wildman–Crippen LogP) is 1.76. The summed E-state index contributed by atoms with van der Waals surface area (Å²) < 4.78 is 6.19. The number of ether oxygens (including phenoxy) is 1. The molecule has 1 amide bonds. The third kappa shape index (κ3) is 7.86. The molecule has 5 N–H and O–H groups in total. The minimum absolute atomic E-state index is 0.100. The number of hydrogen-bond donors (Lipinski definition) is 5. The SMILES string of the molecule is CCCN(CC)CC1CCC(C(=O)NC2CCC(C)C(NC3NCCC(C4CCCNC4)N3)C2)O1. The van der Waals surface area contributed by atoms with Gasteiger partial charge in [-0.3, -0.25) is 20.7 Å². The van der Waals surface area contributed by atoms with E-state index in [-0.39, 0.29) is 30.4 Å². The number of nitrogens with one attached hydrogen (secondary N) is 5. The molecular weight excluding hydrogens is 440 g/mol. The molecule has 4 fully saturated rings. The standard InChI is InChI=1S/C27H52N6O2/c1-4-15-33(5-2)18-22-10-11-25(35-22)26(34)30-21-9-8-19(3)24(16-21)32-27-29-14-12-23(31-27)20-7-6-13-28-17-20/h19-25,27-29,31-32H,4-18H2,1-3H3,(H,30,34). The molecule has 4 rings (SSSR count). The number of carbonyl (C=O) groups is 1. The van der Waals surface area contributed by atoms with Crippen molar-refractivity contribution in [2.24, 2.45) is 11.8 Å². The molecule has 202 valence electrons. The molecule has 0 aromatic carbocycles. The van der Waals surface area contributed by atoms with E-state index in [0.717, 1.165) is 77.2 Å². The molecule has 8 atom stereocenters. The Bertz CT molecular complexity index is 645. The van der Waals surface area contributed by atoms with E-state index in [2.05, 4.69) is 52.3 Å². The molecule has 35 heavy (non-hydrogen) atoms. The van der Waals surface area contributed by atoms with E-state index in [9.17, 15) is 4.79 Å². The lowest BCUT2D eigenvalue weighted by atomic mass is 9.82. The van der Waals surface area contributed by atoms with Crippen LogP contribution in [0.1, 0.15) is 78.6 Å². The van der Waals surface area contributed by atoms with Gasteiger partial charge >= 0.3 is 0 Å². The van der Waals surface area contributed by atoms with Gasteiger partial charge in [0.2, 0.25) is 5.91 Å². The number of amides is 1. The Labute approximate surface area is 213 Å². The van der Waals surface area contributed by atoms with E-state index < -0.39 is 0 Å². The lowest BCUT2D eigenvalue weighted by molar-refractivity contribution is -0.133. The van der Waals surface area contributed by atoms with Crippen molar-refractivity contribution in [2.45, 2.75) is 115 Å². The quantitative estimate of drug-likeness (QED) is 0.318. The van der Waals surface area contributed by atoms with Gasteiger partial charge < -0.3 is 20.3 Å². The molecular formula is C27H52N6O2. The fourth-order valence-corrected chi connectivity index (χ4v) is 6.65. The number of likely N-dealkylation sites (N-methyl/N-ethyl adjacent to an activating group) is 1. The average molecular weight is 493 g/mol. The minimum Gasteiger partial charge on any atom is -0.364 e. The minimum atomic E-state index is -0.280. The first-order valence-electron chi connectivity index (χ1n) is 14.7. The molecule has 8 heteroatoms. The molecule has 0 aromatic rings. The van der Waals surface area contributed by atoms with E-state index in [1.54, 1.807) is 0 Å². The van der Waals surface area contributed by atoms with Gasteiger partial charge in [0.25, 0.3) is 0 Å². The number of piperidine rings is 1. The summed E-state index contributed by atoms with van der Waals surface area (Å²) in [5.41, 5.74) is 0. The van der Waals surface area contributed by atoms with Crippen LogP contribution >= 0.6 is 0 Å². The van der Waals surface area contributed by atoms with Crippen molar-refractivity contribution in [3.8, 4) is 0 Å². The number of rotatable bonds is 10. The third-order valence-electron chi connectivity index (χ3n) is 8.86. The molecule has 8 nitrogen and oxygen atoms in total. The van der Waals surface area contributed by atoms with Crippen LogP contribution in [0.15, 0.2) is 0 Å². The zero-order valence-electron chi connectivity index (χ0n) is 22.5. The highest BCUT2D eigenvalue weighted by Gasteiger charge is 2.36. The normalized spacial score (nSPS) is 38.5. The third-order valence-corrected chi connectivity index (χ3v) is 8.86. The monoisotopic (exact) mass is 492 g/mol. The van der Waals surface area contributed by atoms with Crippen LogP contribution in [-0.4, -0.2) is 86.7 Å². The highest BCUT2D eigenvalue weighted by Crippen LogP contribution is 2.27. The maximum atomic E-state index is 13.0. The number of nitrogens with zero attached hydrogens (tertiary/aromatic N) is 1. The van der Waals surface area contributed by atoms with Gasteiger partial charge in [-0.05, 0) is 102 Å². The average Bonchev–Trinajstić information content (AvgIpc) is 3.35. The van der Waals surface area contributed by atoms with Crippen molar-refractivity contribution < 1.29 is 9.53 Å². The van der Waals surface area contributed by atoms with Crippen LogP contribution in [0.4, 0.5) is 0 Å². The maximum absolute atomic E-state index is 13.0. The smallest absolute Gasteiger partial charge is 0.249 e. The van der Waals surface area contributed by atoms with Crippen LogP contribution in [0, 0.1) is 11.8 Å². The van der Waals surface area contributed by atoms with Crippen molar-refractivity contribution >= 4 is 5.91 Å². The largest absolute Gasteiger partial charge is 0.364 e. The van der Waals surface area contributed by atoms with Gasteiger partial charge in [-0.2, -0.15) is 0 Å². The van der Waals surface area contributed by atoms with Crippen LogP contribution in [0.25, 0.3) is 0 Å². The van der Waals surface area contributed by atoms with Crippen LogP contribution in [0.2, 0.25) is 0 Å². The second-order valence-electron chi connectivity index (χ2n) is 11.5. The first kappa shape index (κ1) is 27.3. The van der Waals surface area contributed by atoms with Crippen LogP contribution < -0.4 is 26.6 Å². The summed E-state index contributed by atoms with van der Waals surface area (Å²) in [5, 5.41) is 18.3. The van der Waals surface area contributed by atoms with Gasteiger partial charge in [-0.15, -0.1) is 0 Å². The summed E-state index contributed by atoms with van der Waals surface area (Å²) in [4.78, 5) is 15.5. The van der Waals surface area contributed by atoms with Crippen LogP contribution in [-0.2, 0) is 9.53 Å². The Morgan fingerprint density at radius 2 is 1.97 bits per heavy atom. The zero-order valence-corrected chi connectivity index (χ0v) is 22.5. The van der Waals surface area contributed by atoms with E-state index in [1.807, 2.05) is 0 Å². The Morgan fingerprint density at radius 3 is 2.74 bits per heavy atom. The molecule has 8 unspecified atom stereocenters. The zero-order chi connectivity index (χ0) is 24.6.